The Kier molecular flexibility index (Phi) is 7.14. The lowest BCUT2D eigenvalue weighted by molar-refractivity contribution is 0.574. The van der Waals surface area contributed by atoms with Gasteiger partial charge < -0.3 is 11.1 Å². The number of nitrogens with two attached hydrogens (primary N) is 1. The second-order valence-corrected chi connectivity index (χ2v) is 9.64. The maximum atomic E-state index is 12.4. The zero-order valence-corrected chi connectivity index (χ0v) is 17.6. The third-order valence-corrected chi connectivity index (χ3v) is 6.84. The highest BCUT2D eigenvalue weighted by atomic mass is 32.2. The summed E-state index contributed by atoms with van der Waals surface area (Å²) in [5, 5.41) is 4.21. The van der Waals surface area contributed by atoms with Gasteiger partial charge in [-0.15, -0.1) is 11.3 Å². The maximum Gasteiger partial charge on any atom is 0.240 e. The van der Waals surface area contributed by atoms with Crippen LogP contribution >= 0.6 is 11.3 Å². The molecule has 0 bridgehead atoms. The van der Waals surface area contributed by atoms with Crippen molar-refractivity contribution >= 4 is 31.6 Å². The predicted molar refractivity (Wildman–Crippen MR) is 115 cm³/mol. The van der Waals surface area contributed by atoms with Crippen molar-refractivity contribution in [2.24, 2.45) is 5.73 Å². The minimum Gasteiger partial charge on any atom is -0.326 e. The van der Waals surface area contributed by atoms with E-state index in [0.29, 0.717) is 19.6 Å². The van der Waals surface area contributed by atoms with E-state index in [9.17, 15) is 8.42 Å². The molecular weight excluding hydrogens is 392 g/mol. The van der Waals surface area contributed by atoms with Crippen LogP contribution in [0, 0.1) is 6.92 Å². The van der Waals surface area contributed by atoms with Gasteiger partial charge in [-0.05, 0) is 55.6 Å². The average molecular weight is 419 g/mol. The first kappa shape index (κ1) is 20.9. The molecule has 0 saturated carbocycles. The zero-order chi connectivity index (χ0) is 20.0. The predicted octanol–water partition coefficient (Wildman–Crippen LogP) is 2.56. The summed E-state index contributed by atoms with van der Waals surface area (Å²) in [6, 6.07) is 13.4. The van der Waals surface area contributed by atoms with Gasteiger partial charge in [0.15, 0.2) is 0 Å². The summed E-state index contributed by atoms with van der Waals surface area (Å²) < 4.78 is 28.4. The molecule has 3 rings (SSSR count). The molecule has 2 aromatic carbocycles. The smallest absolute Gasteiger partial charge is 0.240 e. The molecule has 28 heavy (non-hydrogen) atoms. The highest BCUT2D eigenvalue weighted by Gasteiger charge is 2.14. The molecule has 0 saturated heterocycles. The Balaban J connectivity index is 1.38. The Hall–Kier alpha value is -1.84. The molecule has 0 spiro atoms. The van der Waals surface area contributed by atoms with E-state index in [-0.39, 0.29) is 4.90 Å². The lowest BCUT2D eigenvalue weighted by Crippen LogP contribution is -2.32. The van der Waals surface area contributed by atoms with E-state index in [1.54, 1.807) is 18.2 Å². The first-order valence-corrected chi connectivity index (χ1v) is 11.6. The normalized spacial score (nSPS) is 11.9. The van der Waals surface area contributed by atoms with Crippen LogP contribution in [0.5, 0.6) is 0 Å². The maximum absolute atomic E-state index is 12.4. The van der Waals surface area contributed by atoms with Crippen LogP contribution in [0.2, 0.25) is 0 Å². The van der Waals surface area contributed by atoms with Crippen molar-refractivity contribution in [1.82, 2.24) is 15.0 Å². The van der Waals surface area contributed by atoms with Crippen molar-refractivity contribution in [1.29, 1.82) is 0 Å². The molecule has 3 aromatic rings. The summed E-state index contributed by atoms with van der Waals surface area (Å²) in [5.74, 6) is 0. The Bertz CT molecular complexity index is 1010. The molecule has 150 valence electrons. The summed E-state index contributed by atoms with van der Waals surface area (Å²) in [7, 11) is -3.51. The van der Waals surface area contributed by atoms with Crippen LogP contribution in [0.3, 0.4) is 0 Å². The van der Waals surface area contributed by atoms with Gasteiger partial charge in [-0.25, -0.2) is 18.1 Å². The lowest BCUT2D eigenvalue weighted by atomic mass is 10.1. The van der Waals surface area contributed by atoms with E-state index in [2.05, 4.69) is 39.3 Å². The Morgan fingerprint density at radius 2 is 1.79 bits per heavy atom. The Morgan fingerprint density at radius 3 is 2.54 bits per heavy atom. The van der Waals surface area contributed by atoms with Crippen molar-refractivity contribution < 1.29 is 8.42 Å². The summed E-state index contributed by atoms with van der Waals surface area (Å²) in [6.45, 7) is 4.26. The van der Waals surface area contributed by atoms with Gasteiger partial charge >= 0.3 is 0 Å². The summed E-state index contributed by atoms with van der Waals surface area (Å²) >= 11 is 1.50. The largest absolute Gasteiger partial charge is 0.326 e. The number of nitrogens with zero attached hydrogens (tertiary/aromatic N) is 1. The van der Waals surface area contributed by atoms with Crippen LogP contribution in [0.4, 0.5) is 0 Å². The number of sulfonamides is 1. The molecule has 0 fully saturated rings. The molecule has 1 heterocycles. The van der Waals surface area contributed by atoms with E-state index < -0.39 is 10.0 Å². The van der Waals surface area contributed by atoms with Gasteiger partial charge in [0.1, 0.15) is 0 Å². The number of aryl methyl sites for hydroxylation is 2. The van der Waals surface area contributed by atoms with Crippen molar-refractivity contribution in [3.63, 3.8) is 0 Å². The lowest BCUT2D eigenvalue weighted by Gasteiger charge is -2.08. The molecule has 8 heteroatoms. The molecule has 0 amide bonds. The van der Waals surface area contributed by atoms with Gasteiger partial charge in [-0.3, -0.25) is 0 Å². The van der Waals surface area contributed by atoms with Crippen LogP contribution < -0.4 is 15.8 Å². The van der Waals surface area contributed by atoms with Gasteiger partial charge in [-0.2, -0.15) is 0 Å². The number of nitrogens with one attached hydrogen (secondary N) is 2. The molecule has 0 atom stereocenters. The van der Waals surface area contributed by atoms with E-state index in [1.807, 2.05) is 6.92 Å². The molecule has 0 aliphatic heterocycles. The highest BCUT2D eigenvalue weighted by molar-refractivity contribution is 7.89. The number of hydrogen-bond acceptors (Lipinski definition) is 6. The minimum absolute atomic E-state index is 0.282. The fraction of sp³-hybridized carbons (Fsp3) is 0.350. The average Bonchev–Trinajstić information content (AvgIpc) is 3.07. The molecule has 0 radical (unpaired) electrons. The topological polar surface area (TPSA) is 97.1 Å². The molecule has 0 aliphatic carbocycles. The summed E-state index contributed by atoms with van der Waals surface area (Å²) in [5.41, 5.74) is 8.86. The van der Waals surface area contributed by atoms with Gasteiger partial charge in [0.05, 0.1) is 20.1 Å². The molecular formula is C20H26N4O2S2. The van der Waals surface area contributed by atoms with Crippen LogP contribution in [0.25, 0.3) is 10.2 Å². The molecule has 4 N–H and O–H groups in total. The minimum atomic E-state index is -3.51. The molecule has 1 aromatic heterocycles. The Morgan fingerprint density at radius 1 is 1.04 bits per heavy atom. The van der Waals surface area contributed by atoms with E-state index in [4.69, 9.17) is 5.73 Å². The van der Waals surface area contributed by atoms with E-state index in [1.165, 1.54) is 16.9 Å². The fourth-order valence-electron chi connectivity index (χ4n) is 2.93. The number of benzene rings is 2. The van der Waals surface area contributed by atoms with Crippen molar-refractivity contribution in [3.8, 4) is 0 Å². The quantitative estimate of drug-likeness (QED) is 0.440. The van der Waals surface area contributed by atoms with Crippen LogP contribution in [-0.4, -0.2) is 33.0 Å². The third kappa shape index (κ3) is 5.59. The second kappa shape index (κ2) is 9.58. The first-order valence-electron chi connectivity index (χ1n) is 9.33. The van der Waals surface area contributed by atoms with E-state index in [0.717, 1.165) is 40.2 Å². The van der Waals surface area contributed by atoms with Gasteiger partial charge in [0.25, 0.3) is 0 Å². The molecule has 0 unspecified atom stereocenters. The van der Waals surface area contributed by atoms with Gasteiger partial charge in [0.2, 0.25) is 10.0 Å². The Labute approximate surface area is 170 Å². The van der Waals surface area contributed by atoms with Crippen molar-refractivity contribution in [3.05, 3.63) is 58.6 Å². The van der Waals surface area contributed by atoms with Crippen molar-refractivity contribution in [2.45, 2.75) is 31.2 Å². The van der Waals surface area contributed by atoms with E-state index >= 15 is 0 Å². The number of thiazole rings is 1. The second-order valence-electron chi connectivity index (χ2n) is 6.63. The number of aromatic nitrogens is 1. The number of rotatable bonds is 10. The zero-order valence-electron chi connectivity index (χ0n) is 15.9. The standard InChI is InChI=1S/C20H26N4O2S2/c1-15-24-19-9-8-18(13-20(19)27-15)28(25,26)23-12-11-22-10-2-3-16-4-6-17(14-21)7-5-16/h4-9,13,22-23H,2-3,10-12,14,21H2,1H3. The third-order valence-electron chi connectivity index (χ3n) is 4.45. The SMILES string of the molecule is Cc1nc2ccc(S(=O)(=O)NCCNCCCc3ccc(CN)cc3)cc2s1. The van der Waals surface area contributed by atoms with Crippen LogP contribution in [0.1, 0.15) is 22.6 Å². The number of fused-ring (bicyclic) bond motifs is 1. The number of hydrogen-bond donors (Lipinski definition) is 3. The first-order chi connectivity index (χ1) is 13.5. The molecule has 6 nitrogen and oxygen atoms in total. The fourth-order valence-corrected chi connectivity index (χ4v) is 4.93. The summed E-state index contributed by atoms with van der Waals surface area (Å²) in [6.07, 6.45) is 1.98. The van der Waals surface area contributed by atoms with Crippen LogP contribution in [0.15, 0.2) is 47.4 Å². The van der Waals surface area contributed by atoms with Gasteiger partial charge in [0, 0.05) is 19.6 Å². The highest BCUT2D eigenvalue weighted by Crippen LogP contribution is 2.24. The van der Waals surface area contributed by atoms with Crippen LogP contribution in [-0.2, 0) is 23.0 Å². The van der Waals surface area contributed by atoms with Gasteiger partial charge in [-0.1, -0.05) is 24.3 Å². The monoisotopic (exact) mass is 418 g/mol. The summed E-state index contributed by atoms with van der Waals surface area (Å²) in [4.78, 5) is 4.64. The molecule has 0 aliphatic rings. The van der Waals surface area contributed by atoms with Crippen molar-refractivity contribution in [2.75, 3.05) is 19.6 Å².